The molecular formula is C16H18N2. The lowest BCUT2D eigenvalue weighted by Gasteiger charge is -2.37. The number of benzene rings is 1. The maximum Gasteiger partial charge on any atom is 0.0713 e. The first-order valence-corrected chi connectivity index (χ1v) is 6.68. The van der Waals surface area contributed by atoms with Gasteiger partial charge in [-0.3, -0.25) is 4.98 Å². The van der Waals surface area contributed by atoms with Crippen molar-refractivity contribution in [1.29, 1.82) is 0 Å². The van der Waals surface area contributed by atoms with Gasteiger partial charge in [-0.2, -0.15) is 0 Å². The van der Waals surface area contributed by atoms with Crippen molar-refractivity contribution in [1.82, 2.24) is 4.98 Å². The van der Waals surface area contributed by atoms with Gasteiger partial charge in [0.05, 0.1) is 11.7 Å². The van der Waals surface area contributed by atoms with Crippen LogP contribution in [0.5, 0.6) is 0 Å². The van der Waals surface area contributed by atoms with Crippen molar-refractivity contribution >= 4 is 5.69 Å². The van der Waals surface area contributed by atoms with Gasteiger partial charge in [0, 0.05) is 18.4 Å². The topological polar surface area (TPSA) is 16.1 Å². The molecule has 2 heteroatoms. The highest BCUT2D eigenvalue weighted by atomic mass is 15.2. The number of pyridine rings is 1. The molecule has 1 fully saturated rings. The fourth-order valence-electron chi connectivity index (χ4n) is 2.74. The lowest BCUT2D eigenvalue weighted by atomic mass is 9.98. The minimum absolute atomic E-state index is 0.433. The largest absolute Gasteiger partial charge is 0.363 e. The molecule has 1 saturated heterocycles. The van der Waals surface area contributed by atoms with Gasteiger partial charge in [-0.15, -0.1) is 0 Å². The Morgan fingerprint density at radius 1 is 0.944 bits per heavy atom. The zero-order chi connectivity index (χ0) is 12.2. The molecule has 1 unspecified atom stereocenters. The van der Waals surface area contributed by atoms with Crippen molar-refractivity contribution in [3.63, 3.8) is 0 Å². The van der Waals surface area contributed by atoms with Gasteiger partial charge in [0.15, 0.2) is 0 Å². The lowest BCUT2D eigenvalue weighted by Crippen LogP contribution is -2.33. The molecule has 0 spiro atoms. The quantitative estimate of drug-likeness (QED) is 0.790. The minimum Gasteiger partial charge on any atom is -0.363 e. The summed E-state index contributed by atoms with van der Waals surface area (Å²) in [6.45, 7) is 1.13. The van der Waals surface area contributed by atoms with Crippen LogP contribution in [0.3, 0.4) is 0 Å². The Bertz CT molecular complexity index is 433. The van der Waals surface area contributed by atoms with Crippen LogP contribution in [-0.4, -0.2) is 11.5 Å². The van der Waals surface area contributed by atoms with Gasteiger partial charge in [0.1, 0.15) is 0 Å². The molecule has 1 aliphatic rings. The van der Waals surface area contributed by atoms with E-state index in [4.69, 9.17) is 0 Å². The van der Waals surface area contributed by atoms with E-state index in [0.29, 0.717) is 6.04 Å². The molecule has 0 bridgehead atoms. The van der Waals surface area contributed by atoms with Crippen molar-refractivity contribution in [3.8, 4) is 0 Å². The van der Waals surface area contributed by atoms with Crippen LogP contribution in [0.25, 0.3) is 0 Å². The van der Waals surface area contributed by atoms with E-state index in [1.165, 1.54) is 30.6 Å². The molecule has 3 rings (SSSR count). The summed E-state index contributed by atoms with van der Waals surface area (Å²) in [6, 6.07) is 17.3. The van der Waals surface area contributed by atoms with E-state index in [0.717, 1.165) is 6.54 Å². The maximum absolute atomic E-state index is 4.54. The van der Waals surface area contributed by atoms with E-state index in [-0.39, 0.29) is 0 Å². The summed E-state index contributed by atoms with van der Waals surface area (Å²) < 4.78 is 0. The molecule has 0 amide bonds. The van der Waals surface area contributed by atoms with Crippen LogP contribution < -0.4 is 4.90 Å². The van der Waals surface area contributed by atoms with Crippen LogP contribution in [-0.2, 0) is 0 Å². The van der Waals surface area contributed by atoms with Gasteiger partial charge < -0.3 is 4.90 Å². The summed E-state index contributed by atoms with van der Waals surface area (Å²) in [5.41, 5.74) is 2.51. The third kappa shape index (κ3) is 2.23. The second kappa shape index (κ2) is 5.21. The molecule has 0 aliphatic carbocycles. The second-order valence-electron chi connectivity index (χ2n) is 4.80. The van der Waals surface area contributed by atoms with E-state index < -0.39 is 0 Å². The number of para-hydroxylation sites is 1. The van der Waals surface area contributed by atoms with Crippen LogP contribution in [0.1, 0.15) is 31.0 Å². The number of nitrogens with zero attached hydrogens (tertiary/aromatic N) is 2. The first kappa shape index (κ1) is 11.3. The third-order valence-electron chi connectivity index (χ3n) is 3.62. The Balaban J connectivity index is 1.92. The number of piperidine rings is 1. The van der Waals surface area contributed by atoms with Gasteiger partial charge in [-0.1, -0.05) is 24.3 Å². The average molecular weight is 238 g/mol. The summed E-state index contributed by atoms with van der Waals surface area (Å²) >= 11 is 0. The molecule has 92 valence electrons. The summed E-state index contributed by atoms with van der Waals surface area (Å²) in [5.74, 6) is 0. The summed E-state index contributed by atoms with van der Waals surface area (Å²) in [5, 5.41) is 0. The van der Waals surface area contributed by atoms with E-state index >= 15 is 0 Å². The zero-order valence-electron chi connectivity index (χ0n) is 10.5. The summed E-state index contributed by atoms with van der Waals surface area (Å²) in [4.78, 5) is 7.03. The van der Waals surface area contributed by atoms with E-state index in [2.05, 4.69) is 52.3 Å². The summed E-state index contributed by atoms with van der Waals surface area (Å²) in [6.07, 6.45) is 5.67. The van der Waals surface area contributed by atoms with Crippen molar-refractivity contribution < 1.29 is 0 Å². The monoisotopic (exact) mass is 238 g/mol. The van der Waals surface area contributed by atoms with E-state index in [1.807, 2.05) is 12.3 Å². The third-order valence-corrected chi connectivity index (χ3v) is 3.62. The Hall–Kier alpha value is -1.83. The molecule has 2 heterocycles. The van der Waals surface area contributed by atoms with Crippen LogP contribution in [0.2, 0.25) is 0 Å². The Morgan fingerprint density at radius 2 is 1.78 bits per heavy atom. The normalized spacial score (nSPS) is 19.8. The fraction of sp³-hybridized carbons (Fsp3) is 0.312. The molecular weight excluding hydrogens is 220 g/mol. The molecule has 18 heavy (non-hydrogen) atoms. The highest BCUT2D eigenvalue weighted by Gasteiger charge is 2.24. The Kier molecular flexibility index (Phi) is 3.26. The minimum atomic E-state index is 0.433. The van der Waals surface area contributed by atoms with Crippen molar-refractivity contribution in [3.05, 3.63) is 60.4 Å². The SMILES string of the molecule is c1ccc(N2CCCCC2c2ccccn2)cc1. The molecule has 2 nitrogen and oxygen atoms in total. The van der Waals surface area contributed by atoms with Crippen LogP contribution >= 0.6 is 0 Å². The fourth-order valence-corrected chi connectivity index (χ4v) is 2.74. The molecule has 1 atom stereocenters. The van der Waals surface area contributed by atoms with Crippen LogP contribution in [0.15, 0.2) is 54.7 Å². The predicted molar refractivity (Wildman–Crippen MR) is 74.6 cm³/mol. The van der Waals surface area contributed by atoms with Crippen LogP contribution in [0, 0.1) is 0 Å². The molecule has 1 aromatic carbocycles. The smallest absolute Gasteiger partial charge is 0.0713 e. The van der Waals surface area contributed by atoms with Crippen molar-refractivity contribution in [2.75, 3.05) is 11.4 Å². The van der Waals surface area contributed by atoms with E-state index in [9.17, 15) is 0 Å². The molecule has 0 radical (unpaired) electrons. The van der Waals surface area contributed by atoms with Gasteiger partial charge >= 0.3 is 0 Å². The maximum atomic E-state index is 4.54. The van der Waals surface area contributed by atoms with Gasteiger partial charge in [0.2, 0.25) is 0 Å². The zero-order valence-corrected chi connectivity index (χ0v) is 10.5. The molecule has 2 aromatic rings. The number of hydrogen-bond donors (Lipinski definition) is 0. The number of rotatable bonds is 2. The second-order valence-corrected chi connectivity index (χ2v) is 4.80. The van der Waals surface area contributed by atoms with Gasteiger partial charge in [0.25, 0.3) is 0 Å². The molecule has 1 aliphatic heterocycles. The number of aromatic nitrogens is 1. The van der Waals surface area contributed by atoms with Gasteiger partial charge in [-0.05, 0) is 43.5 Å². The Morgan fingerprint density at radius 3 is 2.56 bits per heavy atom. The van der Waals surface area contributed by atoms with Crippen molar-refractivity contribution in [2.45, 2.75) is 25.3 Å². The van der Waals surface area contributed by atoms with E-state index in [1.54, 1.807) is 0 Å². The molecule has 0 N–H and O–H groups in total. The number of anilines is 1. The highest BCUT2D eigenvalue weighted by Crippen LogP contribution is 2.33. The first-order chi connectivity index (χ1) is 8.95. The standard InChI is InChI=1S/C16H18N2/c1-2-8-14(9-3-1)18-13-7-5-11-16(18)15-10-4-6-12-17-15/h1-4,6,8-10,12,16H,5,7,11,13H2. The lowest BCUT2D eigenvalue weighted by molar-refractivity contribution is 0.465. The Labute approximate surface area is 108 Å². The predicted octanol–water partition coefficient (Wildman–Crippen LogP) is 3.81. The van der Waals surface area contributed by atoms with Crippen LogP contribution in [0.4, 0.5) is 5.69 Å². The van der Waals surface area contributed by atoms with Gasteiger partial charge in [-0.25, -0.2) is 0 Å². The number of hydrogen-bond acceptors (Lipinski definition) is 2. The molecule has 0 saturated carbocycles. The summed E-state index contributed by atoms with van der Waals surface area (Å²) in [7, 11) is 0. The molecule has 1 aromatic heterocycles. The average Bonchev–Trinajstić information content (AvgIpc) is 2.49. The first-order valence-electron chi connectivity index (χ1n) is 6.68. The van der Waals surface area contributed by atoms with Crippen molar-refractivity contribution in [2.24, 2.45) is 0 Å². The highest BCUT2D eigenvalue weighted by molar-refractivity contribution is 5.48.